The number of phenolic OH excluding ortho intramolecular Hbond substituents is 2. The molecule has 0 bridgehead atoms. The highest BCUT2D eigenvalue weighted by Gasteiger charge is 2.42. The van der Waals surface area contributed by atoms with Crippen molar-refractivity contribution in [2.24, 2.45) is 10.8 Å². The van der Waals surface area contributed by atoms with Gasteiger partial charge in [-0.25, -0.2) is 0 Å². The Morgan fingerprint density at radius 2 is 1.02 bits per heavy atom. The van der Waals surface area contributed by atoms with Crippen LogP contribution in [-0.4, -0.2) is 27.8 Å². The van der Waals surface area contributed by atoms with Crippen LogP contribution in [0.15, 0.2) is 91.5 Å². The van der Waals surface area contributed by atoms with E-state index >= 15 is 0 Å². The molecule has 0 saturated heterocycles. The Morgan fingerprint density at radius 3 is 1.38 bits per heavy atom. The van der Waals surface area contributed by atoms with Crippen LogP contribution in [0.4, 0.5) is 0 Å². The van der Waals surface area contributed by atoms with Crippen LogP contribution in [0.3, 0.4) is 0 Å². The van der Waals surface area contributed by atoms with Gasteiger partial charge in [-0.05, 0) is 164 Å². The van der Waals surface area contributed by atoms with Crippen LogP contribution in [0.1, 0.15) is 175 Å². The molecular weight excluding hydrogens is 697 g/mol. The molecule has 0 amide bonds. The van der Waals surface area contributed by atoms with Gasteiger partial charge in [0.1, 0.15) is 22.7 Å². The van der Waals surface area contributed by atoms with E-state index in [1.54, 1.807) is 24.3 Å². The second-order valence-electron chi connectivity index (χ2n) is 17.1. The molecule has 56 heavy (non-hydrogen) atoms. The number of benzene rings is 3. The van der Waals surface area contributed by atoms with Crippen molar-refractivity contribution in [2.75, 3.05) is 0 Å². The van der Waals surface area contributed by atoms with Gasteiger partial charge in [-0.3, -0.25) is 9.59 Å². The normalized spacial score (nSPS) is 16.6. The molecule has 0 radical (unpaired) electrons. The van der Waals surface area contributed by atoms with Crippen molar-refractivity contribution < 1.29 is 29.3 Å². The molecule has 2 saturated carbocycles. The Bertz CT molecular complexity index is 1530. The summed E-state index contributed by atoms with van der Waals surface area (Å²) in [5.74, 6) is 1.72. The molecular formula is C50H74O6. The minimum atomic E-state index is -0.398. The number of ether oxygens (including phenoxy) is 2. The highest BCUT2D eigenvalue weighted by atomic mass is 16.6. The molecule has 2 atom stereocenters. The van der Waals surface area contributed by atoms with Gasteiger partial charge in [0.25, 0.3) is 0 Å². The summed E-state index contributed by atoms with van der Waals surface area (Å²) >= 11 is 0. The fourth-order valence-electron chi connectivity index (χ4n) is 6.46. The highest BCUT2D eigenvalue weighted by Crippen LogP contribution is 2.44. The lowest BCUT2D eigenvalue weighted by Crippen LogP contribution is -2.36. The molecule has 2 aliphatic rings. The van der Waals surface area contributed by atoms with Gasteiger partial charge in [-0.15, -0.1) is 0 Å². The summed E-state index contributed by atoms with van der Waals surface area (Å²) < 4.78 is 11.6. The van der Waals surface area contributed by atoms with Crippen LogP contribution in [0.25, 0.3) is 0 Å². The Balaban J connectivity index is 0.000000265. The lowest BCUT2D eigenvalue weighted by molar-refractivity contribution is -0.172. The molecule has 0 aliphatic heterocycles. The van der Waals surface area contributed by atoms with Gasteiger partial charge >= 0.3 is 11.9 Å². The van der Waals surface area contributed by atoms with Crippen LogP contribution >= 0.6 is 0 Å². The topological polar surface area (TPSA) is 93.1 Å². The van der Waals surface area contributed by atoms with Crippen molar-refractivity contribution in [3.8, 4) is 11.5 Å². The van der Waals surface area contributed by atoms with E-state index in [-0.39, 0.29) is 28.6 Å². The van der Waals surface area contributed by atoms with Gasteiger partial charge in [-0.2, -0.15) is 0 Å². The molecule has 6 nitrogen and oxygen atoms in total. The van der Waals surface area contributed by atoms with Gasteiger partial charge in [0.05, 0.1) is 10.8 Å². The maximum Gasteiger partial charge on any atom is 0.312 e. The zero-order chi connectivity index (χ0) is 42.0. The van der Waals surface area contributed by atoms with Crippen LogP contribution < -0.4 is 0 Å². The van der Waals surface area contributed by atoms with Crippen molar-refractivity contribution in [2.45, 2.75) is 169 Å². The van der Waals surface area contributed by atoms with E-state index in [2.05, 4.69) is 46.4 Å². The van der Waals surface area contributed by atoms with E-state index < -0.39 is 5.41 Å². The van der Waals surface area contributed by atoms with Gasteiger partial charge < -0.3 is 19.7 Å². The van der Waals surface area contributed by atoms with Crippen molar-refractivity contribution in [1.29, 1.82) is 0 Å². The van der Waals surface area contributed by atoms with Crippen LogP contribution in [0.2, 0.25) is 0 Å². The number of carbonyl (C=O) groups is 2. The summed E-state index contributed by atoms with van der Waals surface area (Å²) in [5.41, 5.74) is 2.21. The third-order valence-corrected chi connectivity index (χ3v) is 12.1. The number of carbonyl (C=O) groups excluding carboxylic acids is 2. The molecule has 0 aromatic heterocycles. The SMILES string of the molecule is C=CC1(OC(=O)C(C)(C)CC)CCCC1.CCC(C)(C)C(=O)OC1(c2ccccc2)CCCC1.CCC(C)c1ccc(O)cc1.CCC(C)c1ccc(O)cc1. The largest absolute Gasteiger partial charge is 0.508 e. The maximum absolute atomic E-state index is 12.4. The van der Waals surface area contributed by atoms with Crippen molar-refractivity contribution in [3.63, 3.8) is 0 Å². The van der Waals surface area contributed by atoms with Crippen LogP contribution in [0, 0.1) is 10.8 Å². The smallest absolute Gasteiger partial charge is 0.312 e. The monoisotopic (exact) mass is 771 g/mol. The quantitative estimate of drug-likeness (QED) is 0.141. The number of aromatic hydroxyl groups is 2. The van der Waals surface area contributed by atoms with Crippen molar-refractivity contribution in [3.05, 3.63) is 108 Å². The number of hydrogen-bond donors (Lipinski definition) is 2. The van der Waals surface area contributed by atoms with E-state index in [9.17, 15) is 9.59 Å². The van der Waals surface area contributed by atoms with Crippen molar-refractivity contribution >= 4 is 11.9 Å². The first kappa shape index (κ1) is 48.1. The predicted molar refractivity (Wildman–Crippen MR) is 232 cm³/mol. The first-order chi connectivity index (χ1) is 26.4. The third kappa shape index (κ3) is 14.5. The maximum atomic E-state index is 12.4. The summed E-state index contributed by atoms with van der Waals surface area (Å²) in [7, 11) is 0. The van der Waals surface area contributed by atoms with Crippen molar-refractivity contribution in [1.82, 2.24) is 0 Å². The van der Waals surface area contributed by atoms with E-state index in [0.29, 0.717) is 23.3 Å². The summed E-state index contributed by atoms with van der Waals surface area (Å²) in [4.78, 5) is 24.4. The Hall–Kier alpha value is -4.06. The minimum Gasteiger partial charge on any atom is -0.508 e. The summed E-state index contributed by atoms with van der Waals surface area (Å²) in [6.45, 7) is 24.3. The molecule has 0 spiro atoms. The van der Waals surface area contributed by atoms with Gasteiger partial charge in [0.2, 0.25) is 0 Å². The van der Waals surface area contributed by atoms with Gasteiger partial charge in [0.15, 0.2) is 0 Å². The first-order valence-corrected chi connectivity index (χ1v) is 21.2. The molecule has 0 heterocycles. The van der Waals surface area contributed by atoms with E-state index in [1.807, 2.05) is 90.1 Å². The van der Waals surface area contributed by atoms with Gasteiger partial charge in [0, 0.05) is 0 Å². The number of hydrogen-bond acceptors (Lipinski definition) is 6. The fourth-order valence-corrected chi connectivity index (χ4v) is 6.46. The molecule has 2 fully saturated rings. The molecule has 2 aliphatic carbocycles. The molecule has 3 aromatic rings. The van der Waals surface area contributed by atoms with E-state index in [4.69, 9.17) is 19.7 Å². The fraction of sp³-hybridized carbons (Fsp3) is 0.560. The molecule has 3 aromatic carbocycles. The third-order valence-electron chi connectivity index (χ3n) is 12.1. The predicted octanol–water partition coefficient (Wildman–Crippen LogP) is 13.7. The van der Waals surface area contributed by atoms with Crippen LogP contribution in [0.5, 0.6) is 11.5 Å². The van der Waals surface area contributed by atoms with Gasteiger partial charge in [-0.1, -0.05) is 103 Å². The summed E-state index contributed by atoms with van der Waals surface area (Å²) in [6, 6.07) is 25.1. The zero-order valence-electron chi connectivity index (χ0n) is 36.5. The van der Waals surface area contributed by atoms with E-state index in [0.717, 1.165) is 82.6 Å². The first-order valence-electron chi connectivity index (χ1n) is 21.2. The molecule has 5 rings (SSSR count). The number of rotatable bonds is 12. The zero-order valence-corrected chi connectivity index (χ0v) is 36.5. The molecule has 2 N–H and O–H groups in total. The summed E-state index contributed by atoms with van der Waals surface area (Å²) in [6.07, 6.45) is 14.0. The Morgan fingerprint density at radius 1 is 0.643 bits per heavy atom. The van der Waals surface area contributed by atoms with E-state index in [1.165, 1.54) is 11.1 Å². The Labute approximate surface area is 340 Å². The lowest BCUT2D eigenvalue weighted by atomic mass is 9.88. The standard InChI is InChI=1S/C17H24O2.C13H22O2.2C10H14O/c1-4-16(2,3)15(18)19-17(12-8-9-13-17)14-10-6-5-7-11-14;1-5-12(3,4)11(14)15-13(6-2)9-7-8-10-13;2*1-3-8(2)9-4-6-10(11)7-5-9/h5-7,10-11H,4,8-9,12-13H2,1-3H3;6H,2,5,7-10H2,1,3-4H3;2*4-8,11H,3H2,1-2H3. The van der Waals surface area contributed by atoms with Crippen LogP contribution in [-0.2, 0) is 24.7 Å². The number of phenols is 2. The number of esters is 2. The Kier molecular flexibility index (Phi) is 19.4. The average molecular weight is 771 g/mol. The second kappa shape index (κ2) is 22.6. The summed E-state index contributed by atoms with van der Waals surface area (Å²) in [5, 5.41) is 18.0. The second-order valence-corrected chi connectivity index (χ2v) is 17.1. The molecule has 310 valence electrons. The minimum absolute atomic E-state index is 0.0687. The highest BCUT2D eigenvalue weighted by molar-refractivity contribution is 5.77. The lowest BCUT2D eigenvalue weighted by Gasteiger charge is -2.33. The molecule has 6 heteroatoms. The average Bonchev–Trinajstić information content (AvgIpc) is 3.90. The molecule has 2 unspecified atom stereocenters.